The first-order chi connectivity index (χ1) is 6.45. The number of aromatic nitrogens is 1. The Bertz CT molecular complexity index is 396. The minimum absolute atomic E-state index is 0.0976. The molecule has 0 unspecified atom stereocenters. The molecule has 1 aromatic rings. The second-order valence-corrected chi connectivity index (χ2v) is 5.45. The van der Waals surface area contributed by atoms with Crippen LogP contribution < -0.4 is 0 Å². The Hall–Kier alpha value is -0.880. The lowest BCUT2D eigenvalue weighted by Gasteiger charge is -2.13. The highest BCUT2D eigenvalue weighted by Crippen LogP contribution is 2.07. The third kappa shape index (κ3) is 2.55. The Morgan fingerprint density at radius 2 is 2.21 bits per heavy atom. The van der Waals surface area contributed by atoms with Gasteiger partial charge in [0.15, 0.2) is 0 Å². The minimum atomic E-state index is -3.14. The van der Waals surface area contributed by atoms with E-state index >= 15 is 0 Å². The lowest BCUT2D eigenvalue weighted by Crippen LogP contribution is -2.27. The van der Waals surface area contributed by atoms with Crippen LogP contribution in [0, 0.1) is 6.92 Å². The highest BCUT2D eigenvalue weighted by atomic mass is 32.2. The number of nitrogens with zero attached hydrogens (tertiary/aromatic N) is 2. The molecule has 0 radical (unpaired) electrons. The molecular weight excluding hydrogens is 204 g/mol. The van der Waals surface area contributed by atoms with Gasteiger partial charge in [-0.1, -0.05) is 5.16 Å². The van der Waals surface area contributed by atoms with E-state index in [2.05, 4.69) is 5.16 Å². The number of sulfonamides is 1. The number of aryl methyl sites for hydroxylation is 1. The zero-order chi connectivity index (χ0) is 10.8. The second kappa shape index (κ2) is 4.10. The Morgan fingerprint density at radius 3 is 2.64 bits per heavy atom. The topological polar surface area (TPSA) is 63.4 Å². The molecule has 0 aliphatic rings. The molecule has 0 spiro atoms. The maximum atomic E-state index is 11.4. The van der Waals surface area contributed by atoms with Crippen LogP contribution in [0.25, 0.3) is 0 Å². The van der Waals surface area contributed by atoms with Crippen molar-refractivity contribution in [2.75, 3.05) is 12.8 Å². The fourth-order valence-corrected chi connectivity index (χ4v) is 1.81. The van der Waals surface area contributed by atoms with Gasteiger partial charge in [0.1, 0.15) is 5.76 Å². The molecule has 6 heteroatoms. The normalized spacial score (nSPS) is 12.3. The quantitative estimate of drug-likeness (QED) is 0.748. The number of hydrogen-bond acceptors (Lipinski definition) is 4. The van der Waals surface area contributed by atoms with Gasteiger partial charge < -0.3 is 4.52 Å². The summed E-state index contributed by atoms with van der Waals surface area (Å²) < 4.78 is 28.9. The second-order valence-electron chi connectivity index (χ2n) is 3.09. The third-order valence-corrected chi connectivity index (χ3v) is 3.71. The van der Waals surface area contributed by atoms with Gasteiger partial charge in [-0.15, -0.1) is 0 Å². The van der Waals surface area contributed by atoms with E-state index in [4.69, 9.17) is 4.52 Å². The monoisotopic (exact) mass is 218 g/mol. The standard InChI is InChI=1S/C8H14N2O3S/c1-4-14(11,12)10(3)6-8-5-7(2)13-9-8/h5H,4,6H2,1-3H3. The van der Waals surface area contributed by atoms with Crippen LogP contribution in [0.5, 0.6) is 0 Å². The molecule has 0 fully saturated rings. The molecule has 0 amide bonds. The van der Waals surface area contributed by atoms with Crippen molar-refractivity contribution in [3.63, 3.8) is 0 Å². The first-order valence-electron chi connectivity index (χ1n) is 4.32. The van der Waals surface area contributed by atoms with Crippen LogP contribution in [0.2, 0.25) is 0 Å². The molecule has 0 saturated heterocycles. The van der Waals surface area contributed by atoms with E-state index in [1.807, 2.05) is 0 Å². The molecule has 14 heavy (non-hydrogen) atoms. The van der Waals surface area contributed by atoms with E-state index in [0.29, 0.717) is 11.5 Å². The average molecular weight is 218 g/mol. The van der Waals surface area contributed by atoms with Gasteiger partial charge in [-0.05, 0) is 13.8 Å². The molecule has 1 heterocycles. The van der Waals surface area contributed by atoms with Crippen molar-refractivity contribution >= 4 is 10.0 Å². The van der Waals surface area contributed by atoms with Crippen LogP contribution in [-0.4, -0.2) is 30.7 Å². The summed E-state index contributed by atoms with van der Waals surface area (Å²) >= 11 is 0. The highest BCUT2D eigenvalue weighted by molar-refractivity contribution is 7.89. The van der Waals surface area contributed by atoms with Crippen molar-refractivity contribution in [3.8, 4) is 0 Å². The smallest absolute Gasteiger partial charge is 0.213 e. The highest BCUT2D eigenvalue weighted by Gasteiger charge is 2.16. The fourth-order valence-electron chi connectivity index (χ4n) is 1.04. The van der Waals surface area contributed by atoms with Crippen molar-refractivity contribution in [2.45, 2.75) is 20.4 Å². The zero-order valence-corrected chi connectivity index (χ0v) is 9.34. The van der Waals surface area contributed by atoms with Gasteiger partial charge >= 0.3 is 0 Å². The van der Waals surface area contributed by atoms with E-state index in [1.54, 1.807) is 19.9 Å². The van der Waals surface area contributed by atoms with Gasteiger partial charge in [-0.2, -0.15) is 4.31 Å². The van der Waals surface area contributed by atoms with Crippen molar-refractivity contribution in [1.29, 1.82) is 0 Å². The summed E-state index contributed by atoms with van der Waals surface area (Å²) in [4.78, 5) is 0. The number of hydrogen-bond donors (Lipinski definition) is 0. The lowest BCUT2D eigenvalue weighted by atomic mass is 10.4. The number of rotatable bonds is 4. The lowest BCUT2D eigenvalue weighted by molar-refractivity contribution is 0.378. The molecular formula is C8H14N2O3S. The summed E-state index contributed by atoms with van der Waals surface area (Å²) in [6.07, 6.45) is 0. The molecule has 0 saturated carbocycles. The summed E-state index contributed by atoms with van der Waals surface area (Å²) in [5.41, 5.74) is 0.627. The van der Waals surface area contributed by atoms with Crippen LogP contribution in [0.15, 0.2) is 10.6 Å². The predicted octanol–water partition coefficient (Wildman–Crippen LogP) is 0.765. The maximum Gasteiger partial charge on any atom is 0.213 e. The molecule has 80 valence electrons. The van der Waals surface area contributed by atoms with Crippen molar-refractivity contribution in [1.82, 2.24) is 9.46 Å². The SMILES string of the molecule is CCS(=O)(=O)N(C)Cc1cc(C)on1. The van der Waals surface area contributed by atoms with Crippen LogP contribution in [0.3, 0.4) is 0 Å². The predicted molar refractivity (Wildman–Crippen MR) is 52.2 cm³/mol. The molecule has 0 N–H and O–H groups in total. The Kier molecular flexibility index (Phi) is 3.28. The van der Waals surface area contributed by atoms with Crippen LogP contribution >= 0.6 is 0 Å². The van der Waals surface area contributed by atoms with E-state index in [0.717, 1.165) is 0 Å². The van der Waals surface area contributed by atoms with E-state index in [-0.39, 0.29) is 12.3 Å². The Morgan fingerprint density at radius 1 is 1.57 bits per heavy atom. The van der Waals surface area contributed by atoms with Gasteiger partial charge in [0.25, 0.3) is 0 Å². The van der Waals surface area contributed by atoms with E-state index in [9.17, 15) is 8.42 Å². The molecule has 0 bridgehead atoms. The van der Waals surface area contributed by atoms with E-state index < -0.39 is 10.0 Å². The summed E-state index contributed by atoms with van der Waals surface area (Å²) in [5, 5.41) is 3.72. The van der Waals surface area contributed by atoms with Crippen LogP contribution in [0.1, 0.15) is 18.4 Å². The van der Waals surface area contributed by atoms with Gasteiger partial charge in [0.2, 0.25) is 10.0 Å². The summed E-state index contributed by atoms with van der Waals surface area (Å²) in [7, 11) is -1.60. The van der Waals surface area contributed by atoms with Crippen LogP contribution in [0.4, 0.5) is 0 Å². The zero-order valence-electron chi connectivity index (χ0n) is 8.52. The van der Waals surface area contributed by atoms with Crippen molar-refractivity contribution < 1.29 is 12.9 Å². The first kappa shape index (κ1) is 11.2. The van der Waals surface area contributed by atoms with Gasteiger partial charge in [-0.3, -0.25) is 0 Å². The summed E-state index contributed by atoms with van der Waals surface area (Å²) in [5.74, 6) is 0.780. The van der Waals surface area contributed by atoms with Gasteiger partial charge in [-0.25, -0.2) is 8.42 Å². The molecule has 1 rings (SSSR count). The summed E-state index contributed by atoms with van der Waals surface area (Å²) in [6, 6.07) is 1.72. The van der Waals surface area contributed by atoms with Crippen molar-refractivity contribution in [3.05, 3.63) is 17.5 Å². The fraction of sp³-hybridized carbons (Fsp3) is 0.625. The molecule has 1 aromatic heterocycles. The third-order valence-electron chi connectivity index (χ3n) is 1.90. The van der Waals surface area contributed by atoms with Gasteiger partial charge in [0, 0.05) is 13.1 Å². The largest absolute Gasteiger partial charge is 0.361 e. The molecule has 5 nitrogen and oxygen atoms in total. The molecule has 0 aliphatic heterocycles. The van der Waals surface area contributed by atoms with Crippen molar-refractivity contribution in [2.24, 2.45) is 0 Å². The average Bonchev–Trinajstić information content (AvgIpc) is 2.51. The molecule has 0 aliphatic carbocycles. The first-order valence-corrected chi connectivity index (χ1v) is 5.93. The Labute approximate surface area is 83.7 Å². The van der Waals surface area contributed by atoms with Gasteiger partial charge in [0.05, 0.1) is 18.0 Å². The van der Waals surface area contributed by atoms with Crippen LogP contribution in [-0.2, 0) is 16.6 Å². The Balaban J connectivity index is 2.71. The summed E-state index contributed by atoms with van der Waals surface area (Å²) in [6.45, 7) is 3.64. The molecule has 0 aromatic carbocycles. The molecule has 0 atom stereocenters. The minimum Gasteiger partial charge on any atom is -0.361 e. The van der Waals surface area contributed by atoms with E-state index in [1.165, 1.54) is 11.4 Å². The maximum absolute atomic E-state index is 11.4.